The van der Waals surface area contributed by atoms with Crippen molar-refractivity contribution in [2.24, 2.45) is 0 Å². The summed E-state index contributed by atoms with van der Waals surface area (Å²) in [4.78, 5) is 33.5. The van der Waals surface area contributed by atoms with E-state index in [4.69, 9.17) is 32.7 Å². The zero-order valence-corrected chi connectivity index (χ0v) is 22.1. The number of rotatable bonds is 9. The van der Waals surface area contributed by atoms with E-state index in [-0.39, 0.29) is 31.6 Å². The molecule has 8 nitrogen and oxygen atoms in total. The van der Waals surface area contributed by atoms with Crippen LogP contribution >= 0.6 is 23.2 Å². The van der Waals surface area contributed by atoms with Gasteiger partial charge in [0.1, 0.15) is 19.3 Å². The molecule has 0 bridgehead atoms. The van der Waals surface area contributed by atoms with Crippen LogP contribution in [0.3, 0.4) is 0 Å². The number of anilines is 1. The minimum absolute atomic E-state index is 0.145. The molecule has 10 heteroatoms. The van der Waals surface area contributed by atoms with Crippen molar-refractivity contribution in [1.29, 1.82) is 0 Å². The number of pyridine rings is 1. The molecule has 0 saturated carbocycles. The van der Waals surface area contributed by atoms with Crippen LogP contribution in [0, 0.1) is 6.92 Å². The first-order valence-electron chi connectivity index (χ1n) is 11.8. The number of carbonyl (C=O) groups is 2. The lowest BCUT2D eigenvalue weighted by Crippen LogP contribution is -2.60. The number of aryl methyl sites for hydroxylation is 1. The second-order valence-corrected chi connectivity index (χ2v) is 9.51. The molecular weight excluding hydrogens is 515 g/mol. The van der Waals surface area contributed by atoms with Gasteiger partial charge >= 0.3 is 0 Å². The number of nitrogens with one attached hydrogen (secondary N) is 1. The number of aromatic nitrogens is 1. The van der Waals surface area contributed by atoms with Crippen molar-refractivity contribution in [2.75, 3.05) is 38.3 Å². The number of piperazine rings is 1. The van der Waals surface area contributed by atoms with Crippen LogP contribution in [0.25, 0.3) is 0 Å². The maximum Gasteiger partial charge on any atom is 0.247 e. The summed E-state index contributed by atoms with van der Waals surface area (Å²) in [6.07, 6.45) is 1.53. The van der Waals surface area contributed by atoms with Crippen molar-refractivity contribution in [3.63, 3.8) is 0 Å². The van der Waals surface area contributed by atoms with E-state index >= 15 is 0 Å². The maximum atomic E-state index is 13.3. The van der Waals surface area contributed by atoms with Crippen molar-refractivity contribution in [3.8, 4) is 11.6 Å². The third-order valence-electron chi connectivity index (χ3n) is 5.84. The number of benzene rings is 2. The summed E-state index contributed by atoms with van der Waals surface area (Å²) in [6.45, 7) is 3.27. The Morgan fingerprint density at radius 3 is 2.49 bits per heavy atom. The fraction of sp³-hybridized carbons (Fsp3) is 0.296. The van der Waals surface area contributed by atoms with E-state index in [0.717, 1.165) is 11.1 Å². The van der Waals surface area contributed by atoms with Crippen LogP contribution in [0.15, 0.2) is 60.8 Å². The average molecular weight is 543 g/mol. The lowest BCUT2D eigenvalue weighted by Gasteiger charge is -2.36. The van der Waals surface area contributed by atoms with Gasteiger partial charge in [0.15, 0.2) is 5.75 Å². The van der Waals surface area contributed by atoms with E-state index in [1.807, 2.05) is 37.3 Å². The van der Waals surface area contributed by atoms with Gasteiger partial charge in [0.25, 0.3) is 0 Å². The smallest absolute Gasteiger partial charge is 0.247 e. The summed E-state index contributed by atoms with van der Waals surface area (Å²) < 4.78 is 11.3. The highest BCUT2D eigenvalue weighted by Gasteiger charge is 2.36. The van der Waals surface area contributed by atoms with Gasteiger partial charge in [0.05, 0.1) is 28.5 Å². The Kier molecular flexibility index (Phi) is 8.87. The van der Waals surface area contributed by atoms with Crippen LogP contribution < -0.4 is 19.7 Å². The van der Waals surface area contributed by atoms with Gasteiger partial charge in [-0.25, -0.2) is 4.98 Å². The minimum atomic E-state index is -0.680. The third-order valence-corrected chi connectivity index (χ3v) is 6.40. The summed E-state index contributed by atoms with van der Waals surface area (Å²) in [5.74, 6) is 0.412. The normalized spacial score (nSPS) is 15.4. The molecule has 0 unspecified atom stereocenters. The zero-order valence-electron chi connectivity index (χ0n) is 20.6. The summed E-state index contributed by atoms with van der Waals surface area (Å²) in [5.41, 5.74) is 2.48. The number of amides is 2. The Morgan fingerprint density at radius 1 is 1.11 bits per heavy atom. The third kappa shape index (κ3) is 6.71. The molecule has 1 aromatic heterocycles. The lowest BCUT2D eigenvalue weighted by atomic mass is 10.1. The summed E-state index contributed by atoms with van der Waals surface area (Å²) >= 11 is 12.4. The van der Waals surface area contributed by atoms with Gasteiger partial charge in [-0.15, -0.1) is 0 Å². The SMILES string of the molecule is Cc1cc(Cl)c(OCCOc2ccc(N3C(=O)CNC[C@@H]3C(=O)N(C)Cc3ccccc3)cn2)c(Cl)c1. The second-order valence-electron chi connectivity index (χ2n) is 8.70. The van der Waals surface area contributed by atoms with E-state index < -0.39 is 6.04 Å². The van der Waals surface area contributed by atoms with Crippen LogP contribution in [0.4, 0.5) is 5.69 Å². The predicted molar refractivity (Wildman–Crippen MR) is 143 cm³/mol. The van der Waals surface area contributed by atoms with Crippen LogP contribution in [0.2, 0.25) is 10.0 Å². The molecule has 37 heavy (non-hydrogen) atoms. The largest absolute Gasteiger partial charge is 0.487 e. The number of ether oxygens (including phenoxy) is 2. The lowest BCUT2D eigenvalue weighted by molar-refractivity contribution is -0.134. The van der Waals surface area contributed by atoms with Crippen molar-refractivity contribution >= 4 is 40.7 Å². The number of hydrogen-bond donors (Lipinski definition) is 1. The van der Waals surface area contributed by atoms with Crippen LogP contribution in [0.1, 0.15) is 11.1 Å². The molecule has 0 radical (unpaired) electrons. The predicted octanol–water partition coefficient (Wildman–Crippen LogP) is 4.12. The molecule has 2 amide bonds. The number of likely N-dealkylation sites (N-methyl/N-ethyl adjacent to an activating group) is 1. The molecule has 2 aromatic carbocycles. The summed E-state index contributed by atoms with van der Waals surface area (Å²) in [7, 11) is 1.74. The molecule has 3 aromatic rings. The van der Waals surface area contributed by atoms with Crippen LogP contribution in [-0.4, -0.2) is 61.1 Å². The number of hydrogen-bond acceptors (Lipinski definition) is 6. The van der Waals surface area contributed by atoms with Crippen molar-refractivity contribution < 1.29 is 19.1 Å². The highest BCUT2D eigenvalue weighted by Crippen LogP contribution is 2.34. The first-order valence-corrected chi connectivity index (χ1v) is 12.6. The second kappa shape index (κ2) is 12.3. The van der Waals surface area contributed by atoms with E-state index in [2.05, 4.69) is 10.3 Å². The van der Waals surface area contributed by atoms with Crippen molar-refractivity contribution in [3.05, 3.63) is 82.0 Å². The van der Waals surface area contributed by atoms with E-state index in [9.17, 15) is 9.59 Å². The minimum Gasteiger partial charge on any atom is -0.487 e. The molecule has 1 saturated heterocycles. The number of nitrogens with zero attached hydrogens (tertiary/aromatic N) is 3. The molecule has 2 heterocycles. The molecule has 194 valence electrons. The summed E-state index contributed by atoms with van der Waals surface area (Å²) in [5, 5.41) is 3.91. The van der Waals surface area contributed by atoms with Crippen molar-refractivity contribution in [1.82, 2.24) is 15.2 Å². The standard InChI is InChI=1S/C27H28Cl2N4O4/c1-18-12-21(28)26(22(29)13-18)37-11-10-36-24-9-8-20(14-31-24)33-23(15-30-16-25(33)34)27(35)32(2)17-19-6-4-3-5-7-19/h3-9,12-14,23,30H,10-11,15-17H2,1-2H3/t23-/m1/s1. The Labute approximate surface area is 226 Å². The highest BCUT2D eigenvalue weighted by molar-refractivity contribution is 6.37. The average Bonchev–Trinajstić information content (AvgIpc) is 2.88. The van der Waals surface area contributed by atoms with Gasteiger partial charge in [-0.3, -0.25) is 14.5 Å². The first-order chi connectivity index (χ1) is 17.8. The molecular formula is C27H28Cl2N4O4. The Morgan fingerprint density at radius 2 is 1.81 bits per heavy atom. The quantitative estimate of drug-likeness (QED) is 0.409. The van der Waals surface area contributed by atoms with Gasteiger partial charge in [-0.1, -0.05) is 53.5 Å². The number of halogens is 2. The van der Waals surface area contributed by atoms with Gasteiger partial charge < -0.3 is 19.7 Å². The Bertz CT molecular complexity index is 1220. The van der Waals surface area contributed by atoms with Crippen LogP contribution in [-0.2, 0) is 16.1 Å². The summed E-state index contributed by atoms with van der Waals surface area (Å²) in [6, 6.07) is 16.0. The highest BCUT2D eigenvalue weighted by atomic mass is 35.5. The first kappa shape index (κ1) is 26.7. The molecule has 0 aliphatic carbocycles. The van der Waals surface area contributed by atoms with Gasteiger partial charge in [0.2, 0.25) is 17.7 Å². The van der Waals surface area contributed by atoms with Gasteiger partial charge in [0, 0.05) is 26.2 Å². The fourth-order valence-electron chi connectivity index (χ4n) is 4.09. The Hall–Kier alpha value is -3.33. The molecule has 1 aliphatic heterocycles. The van der Waals surface area contributed by atoms with E-state index in [0.29, 0.717) is 40.5 Å². The molecule has 1 fully saturated rings. The van der Waals surface area contributed by atoms with E-state index in [1.165, 1.54) is 11.1 Å². The fourth-order valence-corrected chi connectivity index (χ4v) is 4.80. The van der Waals surface area contributed by atoms with E-state index in [1.54, 1.807) is 36.2 Å². The molecule has 1 N–H and O–H groups in total. The number of carbonyl (C=O) groups excluding carboxylic acids is 2. The van der Waals surface area contributed by atoms with Crippen molar-refractivity contribution in [2.45, 2.75) is 19.5 Å². The monoisotopic (exact) mass is 542 g/mol. The Balaban J connectivity index is 1.36. The molecule has 1 aliphatic rings. The van der Waals surface area contributed by atoms with Gasteiger partial charge in [-0.2, -0.15) is 0 Å². The molecule has 0 spiro atoms. The topological polar surface area (TPSA) is 84.0 Å². The molecule has 4 rings (SSSR count). The van der Waals surface area contributed by atoms with Crippen LogP contribution in [0.5, 0.6) is 11.6 Å². The molecule has 1 atom stereocenters. The van der Waals surface area contributed by atoms with Gasteiger partial charge in [-0.05, 0) is 36.2 Å². The maximum absolute atomic E-state index is 13.3. The zero-order chi connectivity index (χ0) is 26.4.